The number of rotatable bonds is 2. The first kappa shape index (κ1) is 14.2. The van der Waals surface area contributed by atoms with Gasteiger partial charge < -0.3 is 0 Å². The van der Waals surface area contributed by atoms with Gasteiger partial charge in [0.15, 0.2) is 0 Å². The van der Waals surface area contributed by atoms with Crippen LogP contribution in [0.5, 0.6) is 0 Å². The monoisotopic (exact) mass is 325 g/mol. The molecule has 0 saturated heterocycles. The van der Waals surface area contributed by atoms with Gasteiger partial charge >= 0.3 is 18.0 Å². The Bertz CT molecular complexity index is 415. The first-order chi connectivity index (χ1) is 7.50. The molecule has 1 nitrogen and oxygen atoms in total. The van der Waals surface area contributed by atoms with Crippen LogP contribution in [0.4, 0.5) is 30.7 Å². The minimum absolute atomic E-state index is 0.0832. The predicted molar refractivity (Wildman–Crippen MR) is 46.8 cm³/mol. The van der Waals surface area contributed by atoms with E-state index >= 15 is 0 Å². The topological polar surface area (TPSA) is 12.9 Å². The number of alkyl halides is 7. The van der Waals surface area contributed by atoms with Gasteiger partial charge in [-0.15, -0.1) is 0 Å². The molecule has 1 rings (SSSR count). The van der Waals surface area contributed by atoms with Crippen molar-refractivity contribution in [1.82, 2.24) is 4.98 Å². The summed E-state index contributed by atoms with van der Waals surface area (Å²) in [6, 6.07) is 1.52. The zero-order valence-electron chi connectivity index (χ0n) is 7.70. The molecule has 0 unspecified atom stereocenters. The fourth-order valence-corrected chi connectivity index (χ4v) is 1.25. The van der Waals surface area contributed by atoms with Crippen LogP contribution < -0.4 is 0 Å². The van der Waals surface area contributed by atoms with Crippen LogP contribution >= 0.6 is 15.9 Å². The maximum absolute atomic E-state index is 13.1. The number of hydrogen-bond acceptors (Lipinski definition) is 1. The summed E-state index contributed by atoms with van der Waals surface area (Å²) in [7, 11) is 0. The maximum atomic E-state index is 13.1. The van der Waals surface area contributed by atoms with Gasteiger partial charge in [-0.2, -0.15) is 30.7 Å². The molecule has 1 heterocycles. The molecular formula is C8H3BrF7N. The van der Waals surface area contributed by atoms with Crippen LogP contribution in [0.2, 0.25) is 0 Å². The number of halogens is 8. The van der Waals surface area contributed by atoms with Crippen molar-refractivity contribution in [1.29, 1.82) is 0 Å². The van der Waals surface area contributed by atoms with Crippen molar-refractivity contribution in [3.05, 3.63) is 28.5 Å². The summed E-state index contributed by atoms with van der Waals surface area (Å²) in [5.74, 6) is -11.6. The van der Waals surface area contributed by atoms with Gasteiger partial charge in [0, 0.05) is 10.7 Å². The minimum Gasteiger partial charge on any atom is -0.255 e. The Morgan fingerprint density at radius 3 is 1.94 bits per heavy atom. The van der Waals surface area contributed by atoms with Gasteiger partial charge in [0.05, 0.1) is 0 Å². The lowest BCUT2D eigenvalue weighted by Crippen LogP contribution is -2.50. The van der Waals surface area contributed by atoms with Crippen LogP contribution in [-0.4, -0.2) is 17.1 Å². The molecular weight excluding hydrogens is 323 g/mol. The van der Waals surface area contributed by atoms with E-state index in [0.29, 0.717) is 12.3 Å². The van der Waals surface area contributed by atoms with E-state index in [1.807, 2.05) is 0 Å². The zero-order valence-corrected chi connectivity index (χ0v) is 9.29. The molecule has 0 bridgehead atoms. The van der Waals surface area contributed by atoms with Gasteiger partial charge in [-0.05, 0) is 12.1 Å². The average Bonchev–Trinajstić information content (AvgIpc) is 2.15. The van der Waals surface area contributed by atoms with E-state index < -0.39 is 23.7 Å². The third-order valence-corrected chi connectivity index (χ3v) is 2.29. The Morgan fingerprint density at radius 1 is 1.00 bits per heavy atom. The molecule has 0 aliphatic carbocycles. The summed E-state index contributed by atoms with van der Waals surface area (Å²) in [5.41, 5.74) is -1.66. The van der Waals surface area contributed by atoms with Crippen LogP contribution in [0.1, 0.15) is 5.69 Å². The molecule has 0 atom stereocenters. The van der Waals surface area contributed by atoms with E-state index in [1.54, 1.807) is 0 Å². The molecule has 0 aromatic carbocycles. The highest BCUT2D eigenvalue weighted by molar-refractivity contribution is 9.10. The molecule has 0 radical (unpaired) electrons. The lowest BCUT2D eigenvalue weighted by Gasteiger charge is -2.27. The standard InChI is InChI=1S/C8H3BrF7N/c9-4-1-2-17-5(3-4)6(10,11)7(12,13)8(14,15)16/h1-3H. The fourth-order valence-electron chi connectivity index (χ4n) is 0.915. The highest BCUT2D eigenvalue weighted by Crippen LogP contribution is 2.51. The SMILES string of the molecule is FC(F)(F)C(F)(F)C(F)(F)c1cc(Br)ccn1. The molecule has 0 aliphatic rings. The number of nitrogens with zero attached hydrogens (tertiary/aromatic N) is 1. The molecule has 0 fully saturated rings. The van der Waals surface area contributed by atoms with E-state index in [4.69, 9.17) is 0 Å². The second-order valence-electron chi connectivity index (χ2n) is 3.01. The predicted octanol–water partition coefficient (Wildman–Crippen LogP) is 4.13. The van der Waals surface area contributed by atoms with Crippen molar-refractivity contribution in [2.75, 3.05) is 0 Å². The third kappa shape index (κ3) is 2.38. The van der Waals surface area contributed by atoms with Crippen LogP contribution in [0, 0.1) is 0 Å². The Labute approximate surface area is 98.8 Å². The summed E-state index contributed by atoms with van der Waals surface area (Å²) in [6.07, 6.45) is -5.67. The maximum Gasteiger partial charge on any atom is 0.460 e. The number of pyridine rings is 1. The summed E-state index contributed by atoms with van der Waals surface area (Å²) in [5, 5.41) is 0. The Kier molecular flexibility index (Phi) is 3.43. The largest absolute Gasteiger partial charge is 0.460 e. The molecule has 9 heteroatoms. The smallest absolute Gasteiger partial charge is 0.255 e. The van der Waals surface area contributed by atoms with E-state index in [9.17, 15) is 30.7 Å². The van der Waals surface area contributed by atoms with Crippen LogP contribution in [0.15, 0.2) is 22.8 Å². The highest BCUT2D eigenvalue weighted by Gasteiger charge is 2.74. The van der Waals surface area contributed by atoms with Crippen LogP contribution in [0.25, 0.3) is 0 Å². The lowest BCUT2D eigenvalue weighted by atomic mass is 10.1. The van der Waals surface area contributed by atoms with Gasteiger partial charge in [-0.1, -0.05) is 15.9 Å². The van der Waals surface area contributed by atoms with E-state index in [1.165, 1.54) is 0 Å². The van der Waals surface area contributed by atoms with E-state index in [-0.39, 0.29) is 4.47 Å². The van der Waals surface area contributed by atoms with Gasteiger partial charge in [-0.3, -0.25) is 4.98 Å². The fraction of sp³-hybridized carbons (Fsp3) is 0.375. The molecule has 0 amide bonds. The first-order valence-electron chi connectivity index (χ1n) is 3.94. The van der Waals surface area contributed by atoms with Crippen LogP contribution in [-0.2, 0) is 5.92 Å². The Balaban J connectivity index is 3.28. The van der Waals surface area contributed by atoms with Crippen molar-refractivity contribution in [2.24, 2.45) is 0 Å². The van der Waals surface area contributed by atoms with Crippen molar-refractivity contribution in [2.45, 2.75) is 18.0 Å². The molecule has 0 aliphatic heterocycles. The highest BCUT2D eigenvalue weighted by atomic mass is 79.9. The minimum atomic E-state index is -6.36. The second-order valence-corrected chi connectivity index (χ2v) is 3.92. The van der Waals surface area contributed by atoms with Crippen molar-refractivity contribution < 1.29 is 30.7 Å². The van der Waals surface area contributed by atoms with Crippen molar-refractivity contribution in [3.8, 4) is 0 Å². The summed E-state index contributed by atoms with van der Waals surface area (Å²) in [6.45, 7) is 0. The number of hydrogen-bond donors (Lipinski definition) is 0. The van der Waals surface area contributed by atoms with Gasteiger partial charge in [-0.25, -0.2) is 0 Å². The Morgan fingerprint density at radius 2 is 1.53 bits per heavy atom. The average molecular weight is 326 g/mol. The molecule has 96 valence electrons. The summed E-state index contributed by atoms with van der Waals surface area (Å²) >= 11 is 2.67. The zero-order chi connectivity index (χ0) is 13.5. The molecule has 0 spiro atoms. The van der Waals surface area contributed by atoms with Crippen molar-refractivity contribution >= 4 is 15.9 Å². The summed E-state index contributed by atoms with van der Waals surface area (Å²) < 4.78 is 86.8. The van der Waals surface area contributed by atoms with E-state index in [0.717, 1.165) is 6.07 Å². The van der Waals surface area contributed by atoms with Gasteiger partial charge in [0.25, 0.3) is 0 Å². The number of aromatic nitrogens is 1. The Hall–Kier alpha value is -0.860. The second kappa shape index (κ2) is 4.11. The van der Waals surface area contributed by atoms with Crippen LogP contribution in [0.3, 0.4) is 0 Å². The van der Waals surface area contributed by atoms with E-state index in [2.05, 4.69) is 20.9 Å². The molecule has 1 aromatic rings. The lowest BCUT2D eigenvalue weighted by molar-refractivity contribution is -0.360. The molecule has 0 N–H and O–H groups in total. The first-order valence-corrected chi connectivity index (χ1v) is 4.74. The van der Waals surface area contributed by atoms with Gasteiger partial charge in [0.1, 0.15) is 5.69 Å². The normalized spacial score (nSPS) is 13.9. The quantitative estimate of drug-likeness (QED) is 0.745. The molecule has 17 heavy (non-hydrogen) atoms. The van der Waals surface area contributed by atoms with Gasteiger partial charge in [0.2, 0.25) is 0 Å². The molecule has 1 aromatic heterocycles. The molecule has 0 saturated carbocycles. The summed E-state index contributed by atoms with van der Waals surface area (Å²) in [4.78, 5) is 2.83. The third-order valence-electron chi connectivity index (χ3n) is 1.79. The van der Waals surface area contributed by atoms with Crippen molar-refractivity contribution in [3.63, 3.8) is 0 Å².